The number of carbonyl (C=O) groups is 1. The molecule has 0 aliphatic carbocycles. The van der Waals surface area contributed by atoms with Crippen LogP contribution in [0.5, 0.6) is 0 Å². The van der Waals surface area contributed by atoms with Crippen LogP contribution in [0.15, 0.2) is 42.5 Å². The third-order valence-corrected chi connectivity index (χ3v) is 3.87. The Hall–Kier alpha value is -2.00. The molecule has 0 spiro atoms. The zero-order valence-electron chi connectivity index (χ0n) is 12.3. The summed E-state index contributed by atoms with van der Waals surface area (Å²) in [5, 5.41) is 0.410. The van der Waals surface area contributed by atoms with Gasteiger partial charge in [-0.15, -0.1) is 0 Å². The van der Waals surface area contributed by atoms with Gasteiger partial charge in [-0.05, 0) is 43.2 Å². The van der Waals surface area contributed by atoms with E-state index >= 15 is 0 Å². The summed E-state index contributed by atoms with van der Waals surface area (Å²) in [4.78, 5) is 14.4. The number of nitrogens with zero attached hydrogens (tertiary/aromatic N) is 1. The van der Waals surface area contributed by atoms with E-state index in [2.05, 4.69) is 0 Å². The highest BCUT2D eigenvalue weighted by Crippen LogP contribution is 2.21. The van der Waals surface area contributed by atoms with Gasteiger partial charge in [0.05, 0.1) is 10.7 Å². The molecule has 0 saturated heterocycles. The Morgan fingerprint density at radius 2 is 1.95 bits per heavy atom. The number of nitrogens with two attached hydrogens (primary N) is 1. The summed E-state index contributed by atoms with van der Waals surface area (Å²) in [6.07, 6.45) is 0. The second-order valence-electron chi connectivity index (χ2n) is 4.98. The molecule has 0 aliphatic rings. The molecule has 21 heavy (non-hydrogen) atoms. The van der Waals surface area contributed by atoms with Crippen molar-refractivity contribution in [2.75, 3.05) is 12.3 Å². The lowest BCUT2D eigenvalue weighted by atomic mass is 10.1. The number of amides is 1. The van der Waals surface area contributed by atoms with Gasteiger partial charge in [0.1, 0.15) is 0 Å². The number of nitrogen functional groups attached to an aromatic ring is 1. The summed E-state index contributed by atoms with van der Waals surface area (Å²) in [6, 6.07) is 13.1. The van der Waals surface area contributed by atoms with Gasteiger partial charge in [-0.2, -0.15) is 0 Å². The van der Waals surface area contributed by atoms with E-state index in [4.69, 9.17) is 17.3 Å². The molecule has 1 amide bonds. The summed E-state index contributed by atoms with van der Waals surface area (Å²) in [5.41, 5.74) is 9.05. The van der Waals surface area contributed by atoms with E-state index in [0.29, 0.717) is 29.4 Å². The maximum atomic E-state index is 12.6. The molecular formula is C17H19ClN2O. The number of aryl methyl sites for hydroxylation is 1. The molecule has 0 unspecified atom stereocenters. The molecular weight excluding hydrogens is 284 g/mol. The first-order valence-corrected chi connectivity index (χ1v) is 7.29. The molecule has 0 saturated carbocycles. The zero-order valence-corrected chi connectivity index (χ0v) is 13.0. The van der Waals surface area contributed by atoms with E-state index in [1.54, 1.807) is 23.1 Å². The molecule has 0 radical (unpaired) electrons. The Bertz CT molecular complexity index is 655. The smallest absolute Gasteiger partial charge is 0.254 e. The van der Waals surface area contributed by atoms with Crippen LogP contribution in [-0.2, 0) is 6.54 Å². The monoisotopic (exact) mass is 302 g/mol. The number of hydrogen-bond donors (Lipinski definition) is 1. The van der Waals surface area contributed by atoms with Gasteiger partial charge < -0.3 is 10.6 Å². The number of anilines is 1. The quantitative estimate of drug-likeness (QED) is 0.871. The Labute approximate surface area is 130 Å². The minimum atomic E-state index is -0.0392. The van der Waals surface area contributed by atoms with Gasteiger partial charge in [-0.1, -0.05) is 35.9 Å². The Kier molecular flexibility index (Phi) is 4.86. The fraction of sp³-hybridized carbons (Fsp3) is 0.235. The predicted octanol–water partition coefficient (Wildman–Crippen LogP) is 3.89. The number of hydrogen-bond acceptors (Lipinski definition) is 2. The Balaban J connectivity index is 2.22. The molecule has 0 fully saturated rings. The second-order valence-corrected chi connectivity index (χ2v) is 5.39. The molecule has 0 aliphatic heterocycles. The second kappa shape index (κ2) is 6.64. The molecule has 0 atom stereocenters. The summed E-state index contributed by atoms with van der Waals surface area (Å²) in [7, 11) is 0. The molecule has 2 N–H and O–H groups in total. The zero-order chi connectivity index (χ0) is 15.4. The van der Waals surface area contributed by atoms with Crippen LogP contribution in [0.2, 0.25) is 5.02 Å². The molecule has 2 aromatic carbocycles. The van der Waals surface area contributed by atoms with Gasteiger partial charge in [-0.25, -0.2) is 0 Å². The fourth-order valence-corrected chi connectivity index (χ4v) is 2.34. The largest absolute Gasteiger partial charge is 0.398 e. The van der Waals surface area contributed by atoms with Crippen molar-refractivity contribution in [3.63, 3.8) is 0 Å². The van der Waals surface area contributed by atoms with Crippen molar-refractivity contribution in [2.24, 2.45) is 0 Å². The van der Waals surface area contributed by atoms with Crippen molar-refractivity contribution in [3.8, 4) is 0 Å². The molecule has 0 heterocycles. The predicted molar refractivity (Wildman–Crippen MR) is 87.5 cm³/mol. The summed E-state index contributed by atoms with van der Waals surface area (Å²) >= 11 is 6.00. The molecule has 110 valence electrons. The van der Waals surface area contributed by atoms with E-state index in [-0.39, 0.29) is 5.91 Å². The van der Waals surface area contributed by atoms with Crippen LogP contribution in [0.3, 0.4) is 0 Å². The summed E-state index contributed by atoms with van der Waals surface area (Å²) in [5.74, 6) is -0.0392. The maximum Gasteiger partial charge on any atom is 0.254 e. The number of rotatable bonds is 4. The number of carbonyl (C=O) groups excluding carboxylic acids is 1. The van der Waals surface area contributed by atoms with Crippen LogP contribution >= 0.6 is 11.6 Å². The van der Waals surface area contributed by atoms with E-state index in [1.165, 1.54) is 5.56 Å². The van der Waals surface area contributed by atoms with E-state index in [9.17, 15) is 4.79 Å². The molecule has 4 heteroatoms. The van der Waals surface area contributed by atoms with Crippen molar-refractivity contribution in [1.29, 1.82) is 0 Å². The lowest BCUT2D eigenvalue weighted by Gasteiger charge is -2.22. The minimum Gasteiger partial charge on any atom is -0.398 e. The Morgan fingerprint density at radius 3 is 2.57 bits per heavy atom. The van der Waals surface area contributed by atoms with Crippen LogP contribution in [0.4, 0.5) is 5.69 Å². The van der Waals surface area contributed by atoms with Crippen LogP contribution in [0.1, 0.15) is 28.4 Å². The number of benzene rings is 2. The SMILES string of the molecule is CCN(Cc1ccccc1C)C(=O)c1ccc(N)c(Cl)c1. The average molecular weight is 303 g/mol. The van der Waals surface area contributed by atoms with E-state index in [0.717, 1.165) is 5.56 Å². The van der Waals surface area contributed by atoms with Crippen molar-refractivity contribution in [2.45, 2.75) is 20.4 Å². The standard InChI is InChI=1S/C17H19ClN2O/c1-3-20(11-14-7-5-4-6-12(14)2)17(21)13-8-9-16(19)15(18)10-13/h4-10H,3,11,19H2,1-2H3. The van der Waals surface area contributed by atoms with Crippen LogP contribution < -0.4 is 5.73 Å². The summed E-state index contributed by atoms with van der Waals surface area (Å²) < 4.78 is 0. The lowest BCUT2D eigenvalue weighted by Crippen LogP contribution is -2.30. The minimum absolute atomic E-state index is 0.0392. The first-order chi connectivity index (χ1) is 10.0. The highest BCUT2D eigenvalue weighted by atomic mass is 35.5. The van der Waals surface area contributed by atoms with Gasteiger partial charge in [0.15, 0.2) is 0 Å². The van der Waals surface area contributed by atoms with Gasteiger partial charge in [0, 0.05) is 18.7 Å². The van der Waals surface area contributed by atoms with Crippen molar-refractivity contribution in [1.82, 2.24) is 4.90 Å². The first-order valence-electron chi connectivity index (χ1n) is 6.91. The maximum absolute atomic E-state index is 12.6. The first kappa shape index (κ1) is 15.4. The third kappa shape index (κ3) is 3.56. The van der Waals surface area contributed by atoms with Crippen molar-refractivity contribution < 1.29 is 4.79 Å². The molecule has 2 rings (SSSR count). The number of halogens is 1. The van der Waals surface area contributed by atoms with Crippen molar-refractivity contribution >= 4 is 23.2 Å². The van der Waals surface area contributed by atoms with Crippen LogP contribution in [0.25, 0.3) is 0 Å². The lowest BCUT2D eigenvalue weighted by molar-refractivity contribution is 0.0752. The molecule has 0 bridgehead atoms. The summed E-state index contributed by atoms with van der Waals surface area (Å²) in [6.45, 7) is 5.24. The van der Waals surface area contributed by atoms with Crippen molar-refractivity contribution in [3.05, 3.63) is 64.2 Å². The topological polar surface area (TPSA) is 46.3 Å². The van der Waals surface area contributed by atoms with E-state index in [1.807, 2.05) is 38.1 Å². The van der Waals surface area contributed by atoms with E-state index < -0.39 is 0 Å². The highest BCUT2D eigenvalue weighted by molar-refractivity contribution is 6.33. The highest BCUT2D eigenvalue weighted by Gasteiger charge is 2.16. The average Bonchev–Trinajstić information content (AvgIpc) is 2.48. The van der Waals surface area contributed by atoms with Crippen LogP contribution in [0, 0.1) is 6.92 Å². The molecule has 2 aromatic rings. The molecule has 3 nitrogen and oxygen atoms in total. The fourth-order valence-electron chi connectivity index (χ4n) is 2.16. The Morgan fingerprint density at radius 1 is 1.24 bits per heavy atom. The normalized spacial score (nSPS) is 10.4. The van der Waals surface area contributed by atoms with Crippen LogP contribution in [-0.4, -0.2) is 17.4 Å². The van der Waals surface area contributed by atoms with Gasteiger partial charge >= 0.3 is 0 Å². The molecule has 0 aromatic heterocycles. The van der Waals surface area contributed by atoms with Gasteiger partial charge in [0.2, 0.25) is 0 Å². The van der Waals surface area contributed by atoms with Gasteiger partial charge in [0.25, 0.3) is 5.91 Å². The third-order valence-electron chi connectivity index (χ3n) is 3.54. The van der Waals surface area contributed by atoms with Gasteiger partial charge in [-0.3, -0.25) is 4.79 Å².